The summed E-state index contributed by atoms with van der Waals surface area (Å²) in [4.78, 5) is 63.0. The first-order valence-electron chi connectivity index (χ1n) is 14.5. The molecule has 1 aromatic rings. The predicted octanol–water partition coefficient (Wildman–Crippen LogP) is 1.65. The average molecular weight is 539 g/mol. The first-order chi connectivity index (χ1) is 18.7. The summed E-state index contributed by atoms with van der Waals surface area (Å²) < 4.78 is 0. The van der Waals surface area contributed by atoms with E-state index >= 15 is 0 Å². The number of amides is 4. The maximum Gasteiger partial charge on any atom is 0.320 e. The molecule has 39 heavy (non-hydrogen) atoms. The molecule has 4 amide bonds. The van der Waals surface area contributed by atoms with Gasteiger partial charge in [0.05, 0.1) is 12.6 Å². The van der Waals surface area contributed by atoms with Crippen molar-refractivity contribution in [1.82, 2.24) is 24.9 Å². The van der Waals surface area contributed by atoms with Crippen molar-refractivity contribution in [2.75, 3.05) is 64.3 Å². The fraction of sp³-hybridized carbons (Fsp3) is 0.655. The number of nitrogens with one attached hydrogen (secondary N) is 1. The van der Waals surface area contributed by atoms with Crippen LogP contribution in [-0.2, 0) is 9.59 Å². The van der Waals surface area contributed by atoms with Crippen molar-refractivity contribution in [1.29, 1.82) is 0 Å². The molecular weight excluding hydrogens is 496 g/mol. The Labute approximate surface area is 231 Å². The van der Waals surface area contributed by atoms with Crippen molar-refractivity contribution < 1.29 is 19.2 Å². The van der Waals surface area contributed by atoms with Crippen LogP contribution in [0.2, 0.25) is 0 Å². The summed E-state index contributed by atoms with van der Waals surface area (Å²) in [6.45, 7) is 9.44. The van der Waals surface area contributed by atoms with Gasteiger partial charge in [0.25, 0.3) is 5.91 Å². The molecule has 0 saturated carbocycles. The Kier molecular flexibility index (Phi) is 8.11. The number of Topliss-reactive ketones (excluding diaryl/α,β-unsaturated/α-hetero) is 1. The van der Waals surface area contributed by atoms with Crippen LogP contribution < -0.4 is 10.2 Å². The van der Waals surface area contributed by atoms with Crippen LogP contribution in [0.1, 0.15) is 49.9 Å². The molecule has 0 spiro atoms. The smallest absolute Gasteiger partial charge is 0.320 e. The van der Waals surface area contributed by atoms with E-state index in [-0.39, 0.29) is 42.1 Å². The minimum absolute atomic E-state index is 0.0366. The third kappa shape index (κ3) is 5.76. The summed E-state index contributed by atoms with van der Waals surface area (Å²) in [5.74, 6) is -0.451. The Morgan fingerprint density at radius 3 is 2.23 bits per heavy atom. The van der Waals surface area contributed by atoms with E-state index in [1.54, 1.807) is 9.80 Å². The quantitative estimate of drug-likeness (QED) is 0.592. The van der Waals surface area contributed by atoms with Crippen LogP contribution in [0.15, 0.2) is 24.3 Å². The fourth-order valence-electron chi connectivity index (χ4n) is 6.44. The zero-order valence-corrected chi connectivity index (χ0v) is 23.5. The molecule has 212 valence electrons. The van der Waals surface area contributed by atoms with Crippen molar-refractivity contribution >= 4 is 29.3 Å². The minimum Gasteiger partial charge on any atom is -0.372 e. The lowest BCUT2D eigenvalue weighted by Crippen LogP contribution is -2.54. The number of carbonyl (C=O) groups is 4. The molecule has 3 atom stereocenters. The molecule has 4 fully saturated rings. The number of hydrogen-bond donors (Lipinski definition) is 1. The van der Waals surface area contributed by atoms with Crippen molar-refractivity contribution in [3.05, 3.63) is 29.8 Å². The maximum absolute atomic E-state index is 13.8. The van der Waals surface area contributed by atoms with Crippen LogP contribution in [0.5, 0.6) is 0 Å². The highest BCUT2D eigenvalue weighted by atomic mass is 16.2. The second-order valence-electron chi connectivity index (χ2n) is 11.9. The van der Waals surface area contributed by atoms with Crippen molar-refractivity contribution in [3.8, 4) is 0 Å². The zero-order valence-electron chi connectivity index (χ0n) is 23.5. The fourth-order valence-corrected chi connectivity index (χ4v) is 6.44. The number of likely N-dealkylation sites (N-methyl/N-ethyl adjacent to an activating group) is 1. The van der Waals surface area contributed by atoms with E-state index in [0.29, 0.717) is 38.0 Å². The summed E-state index contributed by atoms with van der Waals surface area (Å²) in [5, 5.41) is 2.97. The molecule has 1 N–H and O–H groups in total. The number of nitrogens with zero attached hydrogens (tertiary/aromatic N) is 5. The lowest BCUT2D eigenvalue weighted by atomic mass is 10.0. The molecule has 0 radical (unpaired) electrons. The van der Waals surface area contributed by atoms with Crippen LogP contribution in [-0.4, -0.2) is 121 Å². The largest absolute Gasteiger partial charge is 0.372 e. The van der Waals surface area contributed by atoms with E-state index in [2.05, 4.69) is 15.1 Å². The van der Waals surface area contributed by atoms with Crippen LogP contribution >= 0.6 is 0 Å². The third-order valence-electron chi connectivity index (χ3n) is 8.64. The SMILES string of the molecule is CC(C)CC(NC(=O)c1ccc(N2CCCC2)cc1)C(=O)N1CCC2C1C(=O)CN2C(=O)N1CCN(C)CC1. The lowest BCUT2D eigenvalue weighted by molar-refractivity contribution is -0.138. The number of benzene rings is 1. The summed E-state index contributed by atoms with van der Waals surface area (Å²) in [7, 11) is 2.04. The first-order valence-corrected chi connectivity index (χ1v) is 14.5. The summed E-state index contributed by atoms with van der Waals surface area (Å²) in [6, 6.07) is 5.78. The van der Waals surface area contributed by atoms with E-state index in [9.17, 15) is 19.2 Å². The van der Waals surface area contributed by atoms with Gasteiger partial charge in [-0.25, -0.2) is 4.79 Å². The molecule has 4 heterocycles. The summed E-state index contributed by atoms with van der Waals surface area (Å²) in [6.07, 6.45) is 3.41. The lowest BCUT2D eigenvalue weighted by Gasteiger charge is -2.36. The van der Waals surface area contributed by atoms with Crippen molar-refractivity contribution in [3.63, 3.8) is 0 Å². The number of likely N-dealkylation sites (tertiary alicyclic amines) is 2. The summed E-state index contributed by atoms with van der Waals surface area (Å²) >= 11 is 0. The number of piperazine rings is 1. The third-order valence-corrected chi connectivity index (χ3v) is 8.64. The van der Waals surface area contributed by atoms with Crippen molar-refractivity contribution in [2.45, 2.75) is 57.7 Å². The molecule has 10 heteroatoms. The molecule has 5 rings (SSSR count). The van der Waals surface area contributed by atoms with Gasteiger partial charge < -0.3 is 29.8 Å². The summed E-state index contributed by atoms with van der Waals surface area (Å²) in [5.41, 5.74) is 1.62. The minimum atomic E-state index is -0.732. The Bertz CT molecular complexity index is 1080. The predicted molar refractivity (Wildman–Crippen MR) is 149 cm³/mol. The maximum atomic E-state index is 13.8. The molecule has 4 aliphatic heterocycles. The normalized spacial score (nSPS) is 24.5. The molecule has 4 aliphatic rings. The molecule has 0 aliphatic carbocycles. The molecule has 0 bridgehead atoms. The van der Waals surface area contributed by atoms with E-state index in [0.717, 1.165) is 31.9 Å². The number of anilines is 1. The number of urea groups is 1. The molecule has 3 unspecified atom stereocenters. The van der Waals surface area contributed by atoms with Gasteiger partial charge in [0.2, 0.25) is 5.91 Å². The van der Waals surface area contributed by atoms with E-state index in [4.69, 9.17) is 0 Å². The van der Waals surface area contributed by atoms with E-state index in [1.165, 1.54) is 12.8 Å². The Morgan fingerprint density at radius 2 is 1.59 bits per heavy atom. The van der Waals surface area contributed by atoms with Crippen LogP contribution in [0.4, 0.5) is 10.5 Å². The Balaban J connectivity index is 1.25. The first kappa shape index (κ1) is 27.4. The number of ketones is 1. The van der Waals surface area contributed by atoms with E-state index < -0.39 is 12.1 Å². The average Bonchev–Trinajstić information content (AvgIpc) is 3.67. The van der Waals surface area contributed by atoms with Gasteiger partial charge >= 0.3 is 6.03 Å². The van der Waals surface area contributed by atoms with Crippen LogP contribution in [0.3, 0.4) is 0 Å². The van der Waals surface area contributed by atoms with E-state index in [1.807, 2.05) is 50.1 Å². The molecule has 10 nitrogen and oxygen atoms in total. The molecule has 1 aromatic carbocycles. The van der Waals surface area contributed by atoms with Gasteiger partial charge in [-0.1, -0.05) is 13.8 Å². The highest BCUT2D eigenvalue weighted by Crippen LogP contribution is 2.32. The number of hydrogen-bond acceptors (Lipinski definition) is 6. The highest BCUT2D eigenvalue weighted by molar-refractivity contribution is 6.00. The van der Waals surface area contributed by atoms with Gasteiger partial charge in [0, 0.05) is 57.1 Å². The van der Waals surface area contributed by atoms with Gasteiger partial charge in [-0.05, 0) is 62.9 Å². The monoisotopic (exact) mass is 538 g/mol. The van der Waals surface area contributed by atoms with Crippen LogP contribution in [0, 0.1) is 5.92 Å². The molecule has 0 aromatic heterocycles. The second-order valence-corrected chi connectivity index (χ2v) is 11.9. The van der Waals surface area contributed by atoms with Gasteiger partial charge in [-0.2, -0.15) is 0 Å². The van der Waals surface area contributed by atoms with Crippen LogP contribution in [0.25, 0.3) is 0 Å². The zero-order chi connectivity index (χ0) is 27.7. The number of rotatable bonds is 6. The number of carbonyl (C=O) groups excluding carboxylic acids is 4. The van der Waals surface area contributed by atoms with Crippen molar-refractivity contribution in [2.24, 2.45) is 5.92 Å². The highest BCUT2D eigenvalue weighted by Gasteiger charge is 2.53. The van der Waals surface area contributed by atoms with Gasteiger partial charge in [0.15, 0.2) is 5.78 Å². The Hall–Kier alpha value is -3.14. The molecular formula is C29H42N6O4. The standard InChI is InChI=1S/C29H42N6O4/c1-20(2)18-23(30-27(37)21-6-8-22(9-7-21)32-11-4-5-12-32)28(38)34-13-10-24-26(34)25(36)19-35(24)29(39)33-16-14-31(3)15-17-33/h6-9,20,23-24,26H,4-5,10-19H2,1-3H3,(H,30,37). The van der Waals surface area contributed by atoms with Gasteiger partial charge in [-0.3, -0.25) is 14.4 Å². The van der Waals surface area contributed by atoms with Gasteiger partial charge in [0.1, 0.15) is 12.1 Å². The van der Waals surface area contributed by atoms with Gasteiger partial charge in [-0.15, -0.1) is 0 Å². The Morgan fingerprint density at radius 1 is 0.923 bits per heavy atom. The second kappa shape index (κ2) is 11.5. The topological polar surface area (TPSA) is 96.5 Å². The number of fused-ring (bicyclic) bond motifs is 1. The molecule has 4 saturated heterocycles.